The fourth-order valence-corrected chi connectivity index (χ4v) is 2.42. The van der Waals surface area contributed by atoms with Crippen LogP contribution in [0, 0.1) is 0 Å². The molecule has 0 fully saturated rings. The van der Waals surface area contributed by atoms with Gasteiger partial charge in [-0.3, -0.25) is 9.78 Å². The Labute approximate surface area is 128 Å². The first kappa shape index (κ1) is 15.3. The van der Waals surface area contributed by atoms with Crippen molar-refractivity contribution in [1.29, 1.82) is 0 Å². The molecule has 0 spiro atoms. The van der Waals surface area contributed by atoms with E-state index in [1.165, 1.54) is 5.56 Å². The van der Waals surface area contributed by atoms with E-state index in [-0.39, 0.29) is 11.2 Å². The highest BCUT2D eigenvalue weighted by molar-refractivity contribution is 7.99. The molecule has 0 aliphatic heterocycles. The fraction of sp³-hybridized carbons (Fsp3) is 0.188. The molecule has 0 aliphatic carbocycles. The molecule has 1 amide bonds. The molecule has 2 aromatic rings. The molecule has 108 valence electrons. The Hall–Kier alpha value is -2.14. The second-order valence-corrected chi connectivity index (χ2v) is 5.78. The van der Waals surface area contributed by atoms with Crippen LogP contribution in [0.2, 0.25) is 0 Å². The van der Waals surface area contributed by atoms with Crippen molar-refractivity contribution in [3.05, 3.63) is 66.0 Å². The number of hydrogen-bond acceptors (Lipinski definition) is 4. The highest BCUT2D eigenvalue weighted by Gasteiger charge is 2.12. The topological polar surface area (TPSA) is 54.4 Å². The average molecular weight is 299 g/mol. The molecular weight excluding hydrogens is 282 g/mol. The lowest BCUT2D eigenvalue weighted by Gasteiger charge is -2.09. The van der Waals surface area contributed by atoms with Crippen molar-refractivity contribution < 1.29 is 4.79 Å². The predicted octanol–water partition coefficient (Wildman–Crippen LogP) is 2.85. The third-order valence-corrected chi connectivity index (χ3v) is 4.02. The molecule has 5 heteroatoms. The van der Waals surface area contributed by atoms with Crippen LogP contribution < -0.4 is 5.43 Å². The van der Waals surface area contributed by atoms with Crippen LogP contribution in [-0.2, 0) is 10.5 Å². The number of thioether (sulfide) groups is 1. The largest absolute Gasteiger partial charge is 0.272 e. The summed E-state index contributed by atoms with van der Waals surface area (Å²) in [5, 5.41) is 3.80. The summed E-state index contributed by atoms with van der Waals surface area (Å²) in [5.74, 6) is 0.713. The van der Waals surface area contributed by atoms with Gasteiger partial charge in [-0.15, -0.1) is 11.8 Å². The van der Waals surface area contributed by atoms with Gasteiger partial charge in [-0.25, -0.2) is 5.43 Å². The number of carbonyl (C=O) groups excluding carboxylic acids is 1. The van der Waals surface area contributed by atoms with Gasteiger partial charge in [-0.1, -0.05) is 30.3 Å². The highest BCUT2D eigenvalue weighted by atomic mass is 32.2. The normalized spacial score (nSPS) is 12.2. The number of nitrogens with one attached hydrogen (secondary N) is 1. The monoisotopic (exact) mass is 299 g/mol. The third-order valence-electron chi connectivity index (χ3n) is 2.81. The smallest absolute Gasteiger partial charge is 0.252 e. The molecule has 0 saturated carbocycles. The molecule has 1 unspecified atom stereocenters. The summed E-state index contributed by atoms with van der Waals surface area (Å²) in [6, 6.07) is 13.7. The molecule has 0 saturated heterocycles. The van der Waals surface area contributed by atoms with Gasteiger partial charge in [0.2, 0.25) is 0 Å². The maximum atomic E-state index is 11.9. The summed E-state index contributed by atoms with van der Waals surface area (Å²) in [5.41, 5.74) is 4.67. The van der Waals surface area contributed by atoms with Gasteiger partial charge in [0.05, 0.1) is 11.5 Å². The number of hydrazone groups is 1. The van der Waals surface area contributed by atoms with Gasteiger partial charge < -0.3 is 0 Å². The molecule has 0 bridgehead atoms. The quantitative estimate of drug-likeness (QED) is 0.659. The second-order valence-electron chi connectivity index (χ2n) is 4.45. The molecule has 1 aromatic carbocycles. The standard InChI is InChI=1S/C16H17N3OS/c1-13(21-12-15-5-3-2-4-6-15)16(20)19-18-11-14-7-9-17-10-8-14/h2-11,13H,12H2,1H3,(H,19,20)/b18-11+. The molecule has 0 radical (unpaired) electrons. The van der Waals surface area contributed by atoms with Crippen LogP contribution in [0.1, 0.15) is 18.1 Å². The summed E-state index contributed by atoms with van der Waals surface area (Å²) in [4.78, 5) is 15.8. The Morgan fingerprint density at radius 2 is 2.00 bits per heavy atom. The lowest BCUT2D eigenvalue weighted by molar-refractivity contribution is -0.120. The number of benzene rings is 1. The van der Waals surface area contributed by atoms with E-state index in [1.54, 1.807) is 30.4 Å². The van der Waals surface area contributed by atoms with Crippen molar-refractivity contribution in [1.82, 2.24) is 10.4 Å². The predicted molar refractivity (Wildman–Crippen MR) is 87.2 cm³/mol. The van der Waals surface area contributed by atoms with Crippen molar-refractivity contribution in [2.75, 3.05) is 0 Å². The fourth-order valence-electron chi connectivity index (χ4n) is 1.58. The average Bonchev–Trinajstić information content (AvgIpc) is 2.54. The van der Waals surface area contributed by atoms with Crippen LogP contribution in [0.15, 0.2) is 60.0 Å². The van der Waals surface area contributed by atoms with Gasteiger partial charge in [0.15, 0.2) is 0 Å². The zero-order chi connectivity index (χ0) is 14.9. The first-order valence-electron chi connectivity index (χ1n) is 6.64. The number of aromatic nitrogens is 1. The van der Waals surface area contributed by atoms with E-state index in [2.05, 4.69) is 27.6 Å². The van der Waals surface area contributed by atoms with E-state index in [9.17, 15) is 4.79 Å². The minimum absolute atomic E-state index is 0.0961. The Bertz CT molecular complexity index is 587. The van der Waals surface area contributed by atoms with E-state index < -0.39 is 0 Å². The van der Waals surface area contributed by atoms with Crippen LogP contribution in [0.4, 0.5) is 0 Å². The summed E-state index contributed by atoms with van der Waals surface area (Å²) >= 11 is 1.59. The van der Waals surface area contributed by atoms with E-state index in [0.717, 1.165) is 11.3 Å². The molecule has 4 nitrogen and oxygen atoms in total. The van der Waals surface area contributed by atoms with Gasteiger partial charge >= 0.3 is 0 Å². The Morgan fingerprint density at radius 3 is 2.71 bits per heavy atom. The van der Waals surface area contributed by atoms with Crippen molar-refractivity contribution in [2.45, 2.75) is 17.9 Å². The van der Waals surface area contributed by atoms with Gasteiger partial charge in [-0.05, 0) is 30.2 Å². The van der Waals surface area contributed by atoms with E-state index in [4.69, 9.17) is 0 Å². The lowest BCUT2D eigenvalue weighted by Crippen LogP contribution is -2.26. The van der Waals surface area contributed by atoms with Gasteiger partial charge in [-0.2, -0.15) is 5.10 Å². The highest BCUT2D eigenvalue weighted by Crippen LogP contribution is 2.17. The first-order valence-corrected chi connectivity index (χ1v) is 7.69. The molecule has 1 N–H and O–H groups in total. The van der Waals surface area contributed by atoms with Gasteiger partial charge in [0.1, 0.15) is 0 Å². The summed E-state index contributed by atoms with van der Waals surface area (Å²) in [6.45, 7) is 1.88. The van der Waals surface area contributed by atoms with Crippen molar-refractivity contribution in [3.63, 3.8) is 0 Å². The number of nitrogens with zero attached hydrogens (tertiary/aromatic N) is 2. The number of hydrogen-bond donors (Lipinski definition) is 1. The maximum absolute atomic E-state index is 11.9. The molecule has 1 heterocycles. The number of rotatable bonds is 6. The summed E-state index contributed by atoms with van der Waals surface area (Å²) < 4.78 is 0. The second kappa shape index (κ2) is 8.21. The molecule has 1 atom stereocenters. The lowest BCUT2D eigenvalue weighted by atomic mass is 10.2. The molecule has 1 aromatic heterocycles. The minimum Gasteiger partial charge on any atom is -0.272 e. The summed E-state index contributed by atoms with van der Waals surface area (Å²) in [6.07, 6.45) is 4.97. The van der Waals surface area contributed by atoms with Crippen molar-refractivity contribution in [3.8, 4) is 0 Å². The van der Waals surface area contributed by atoms with Crippen LogP contribution in [-0.4, -0.2) is 22.4 Å². The third kappa shape index (κ3) is 5.39. The Kier molecular flexibility index (Phi) is 5.97. The zero-order valence-corrected chi connectivity index (χ0v) is 12.6. The number of amides is 1. The Morgan fingerprint density at radius 1 is 1.29 bits per heavy atom. The Balaban J connectivity index is 1.76. The number of pyridine rings is 1. The maximum Gasteiger partial charge on any atom is 0.252 e. The molecule has 2 rings (SSSR count). The van der Waals surface area contributed by atoms with E-state index >= 15 is 0 Å². The zero-order valence-electron chi connectivity index (χ0n) is 11.8. The van der Waals surface area contributed by atoms with Crippen molar-refractivity contribution >= 4 is 23.9 Å². The van der Waals surface area contributed by atoms with Crippen LogP contribution >= 0.6 is 11.8 Å². The van der Waals surface area contributed by atoms with E-state index in [0.29, 0.717) is 0 Å². The van der Waals surface area contributed by atoms with E-state index in [1.807, 2.05) is 37.3 Å². The number of carbonyl (C=O) groups is 1. The molecule has 0 aliphatic rings. The van der Waals surface area contributed by atoms with Crippen molar-refractivity contribution in [2.24, 2.45) is 5.10 Å². The summed E-state index contributed by atoms with van der Waals surface area (Å²) in [7, 11) is 0. The molecule has 21 heavy (non-hydrogen) atoms. The molecular formula is C16H17N3OS. The van der Waals surface area contributed by atoms with Crippen LogP contribution in [0.3, 0.4) is 0 Å². The minimum atomic E-state index is -0.153. The van der Waals surface area contributed by atoms with Gasteiger partial charge in [0, 0.05) is 18.1 Å². The SMILES string of the molecule is CC(SCc1ccccc1)C(=O)N/N=C/c1ccncc1. The van der Waals surface area contributed by atoms with Crippen LogP contribution in [0.25, 0.3) is 0 Å². The first-order chi connectivity index (χ1) is 10.3. The van der Waals surface area contributed by atoms with Crippen LogP contribution in [0.5, 0.6) is 0 Å². The van der Waals surface area contributed by atoms with Gasteiger partial charge in [0.25, 0.3) is 5.91 Å².